The second kappa shape index (κ2) is 7.71. The van der Waals surface area contributed by atoms with E-state index >= 15 is 0 Å². The van der Waals surface area contributed by atoms with E-state index in [1.54, 1.807) is 23.2 Å². The Bertz CT molecular complexity index is 804. The van der Waals surface area contributed by atoms with Gasteiger partial charge in [0.2, 0.25) is 5.91 Å². The highest BCUT2D eigenvalue weighted by Gasteiger charge is 2.22. The van der Waals surface area contributed by atoms with Gasteiger partial charge in [-0.1, -0.05) is 12.1 Å². The largest absolute Gasteiger partial charge is 0.352 e. The first-order valence-corrected chi connectivity index (χ1v) is 8.15. The molecule has 0 bridgehead atoms. The van der Waals surface area contributed by atoms with E-state index in [2.05, 4.69) is 16.0 Å². The summed E-state index contributed by atoms with van der Waals surface area (Å²) in [7, 11) is 0. The zero-order valence-electron chi connectivity index (χ0n) is 13.7. The maximum Gasteiger partial charge on any atom is 0.227 e. The highest BCUT2D eigenvalue weighted by atomic mass is 19.1. The highest BCUT2D eigenvalue weighted by molar-refractivity contribution is 5.78. The molecule has 0 aliphatic carbocycles. The maximum absolute atomic E-state index is 13.3. The second-order valence-corrected chi connectivity index (χ2v) is 5.87. The van der Waals surface area contributed by atoms with E-state index < -0.39 is 0 Å². The normalized spacial score (nSPS) is 14.7. The van der Waals surface area contributed by atoms with Crippen molar-refractivity contribution in [2.45, 2.75) is 12.8 Å². The van der Waals surface area contributed by atoms with Crippen molar-refractivity contribution in [3.63, 3.8) is 0 Å². The van der Waals surface area contributed by atoms with Crippen molar-refractivity contribution in [1.29, 1.82) is 5.26 Å². The molecule has 1 fully saturated rings. The summed E-state index contributed by atoms with van der Waals surface area (Å²) in [4.78, 5) is 24.6. The summed E-state index contributed by atoms with van der Waals surface area (Å²) in [6, 6.07) is 8.17. The lowest BCUT2D eigenvalue weighted by molar-refractivity contribution is -0.130. The molecule has 0 unspecified atom stereocenters. The summed E-state index contributed by atoms with van der Waals surface area (Å²) >= 11 is 0. The van der Waals surface area contributed by atoms with E-state index in [1.807, 2.05) is 4.90 Å². The smallest absolute Gasteiger partial charge is 0.227 e. The number of carbonyl (C=O) groups excluding carboxylic acids is 1. The van der Waals surface area contributed by atoms with Crippen molar-refractivity contribution in [1.82, 2.24) is 14.9 Å². The number of halogens is 1. The minimum Gasteiger partial charge on any atom is -0.352 e. The summed E-state index contributed by atoms with van der Waals surface area (Å²) in [5.41, 5.74) is 0.967. The van der Waals surface area contributed by atoms with Gasteiger partial charge < -0.3 is 9.80 Å². The van der Waals surface area contributed by atoms with Gasteiger partial charge >= 0.3 is 0 Å². The van der Waals surface area contributed by atoms with Gasteiger partial charge in [0.15, 0.2) is 11.5 Å². The maximum atomic E-state index is 13.3. The minimum atomic E-state index is -0.334. The molecule has 2 heterocycles. The zero-order valence-corrected chi connectivity index (χ0v) is 13.7. The molecule has 0 radical (unpaired) electrons. The molecule has 1 aliphatic heterocycles. The average Bonchev–Trinajstić information content (AvgIpc) is 2.88. The second-order valence-electron chi connectivity index (χ2n) is 5.87. The highest BCUT2D eigenvalue weighted by Crippen LogP contribution is 2.17. The minimum absolute atomic E-state index is 0.0212. The summed E-state index contributed by atoms with van der Waals surface area (Å²) < 4.78 is 13.3. The molecule has 0 saturated carbocycles. The molecule has 1 aromatic heterocycles. The van der Waals surface area contributed by atoms with Crippen LogP contribution in [0, 0.1) is 17.1 Å². The number of hydrogen-bond donors (Lipinski definition) is 0. The molecule has 25 heavy (non-hydrogen) atoms. The van der Waals surface area contributed by atoms with Crippen molar-refractivity contribution < 1.29 is 9.18 Å². The Morgan fingerprint density at radius 3 is 2.84 bits per heavy atom. The molecule has 0 N–H and O–H groups in total. The van der Waals surface area contributed by atoms with Crippen LogP contribution in [-0.4, -0.2) is 47.0 Å². The van der Waals surface area contributed by atoms with E-state index in [9.17, 15) is 14.4 Å². The fraction of sp³-hybridized carbons (Fsp3) is 0.333. The van der Waals surface area contributed by atoms with Crippen molar-refractivity contribution in [3.05, 3.63) is 53.7 Å². The molecule has 2 aromatic rings. The van der Waals surface area contributed by atoms with Crippen LogP contribution in [0.1, 0.15) is 17.7 Å². The van der Waals surface area contributed by atoms with E-state index in [0.717, 1.165) is 6.42 Å². The molecule has 1 aromatic carbocycles. The summed E-state index contributed by atoms with van der Waals surface area (Å²) in [5.74, 6) is 0.204. The average molecular weight is 339 g/mol. The van der Waals surface area contributed by atoms with Crippen LogP contribution >= 0.6 is 0 Å². The third-order valence-corrected chi connectivity index (χ3v) is 4.18. The van der Waals surface area contributed by atoms with Crippen LogP contribution in [-0.2, 0) is 11.2 Å². The standard InChI is InChI=1S/C18H18FN5O/c19-15-4-1-3-14(11-15)12-17(25)23-7-2-8-24(10-9-23)18-16(13-20)21-5-6-22-18/h1,3-6,11H,2,7-10,12H2. The third kappa shape index (κ3) is 4.10. The van der Waals surface area contributed by atoms with Crippen LogP contribution in [0.3, 0.4) is 0 Å². The molecule has 1 saturated heterocycles. The van der Waals surface area contributed by atoms with Gasteiger partial charge in [0.25, 0.3) is 0 Å². The monoisotopic (exact) mass is 339 g/mol. The molecular weight excluding hydrogens is 321 g/mol. The van der Waals surface area contributed by atoms with Gasteiger partial charge in [-0.25, -0.2) is 14.4 Å². The Balaban J connectivity index is 1.65. The molecule has 3 rings (SSSR count). The van der Waals surface area contributed by atoms with Gasteiger partial charge in [0.1, 0.15) is 11.9 Å². The molecule has 128 valence electrons. The predicted molar refractivity (Wildman–Crippen MR) is 90.3 cm³/mol. The topological polar surface area (TPSA) is 73.1 Å². The predicted octanol–water partition coefficient (Wildman–Crippen LogP) is 1.77. The lowest BCUT2D eigenvalue weighted by Crippen LogP contribution is -2.36. The van der Waals surface area contributed by atoms with Crippen LogP contribution in [0.5, 0.6) is 0 Å². The van der Waals surface area contributed by atoms with Gasteiger partial charge in [-0.3, -0.25) is 4.79 Å². The van der Waals surface area contributed by atoms with E-state index in [4.69, 9.17) is 0 Å². The fourth-order valence-corrected chi connectivity index (χ4v) is 2.95. The van der Waals surface area contributed by atoms with Crippen molar-refractivity contribution in [2.24, 2.45) is 0 Å². The lowest BCUT2D eigenvalue weighted by atomic mass is 10.1. The molecule has 0 spiro atoms. The first kappa shape index (κ1) is 16.8. The van der Waals surface area contributed by atoms with Gasteiger partial charge in [-0.05, 0) is 24.1 Å². The molecule has 7 heteroatoms. The number of benzene rings is 1. The fourth-order valence-electron chi connectivity index (χ4n) is 2.95. The van der Waals surface area contributed by atoms with Crippen LogP contribution in [0.4, 0.5) is 10.2 Å². The number of nitrogens with zero attached hydrogens (tertiary/aromatic N) is 5. The van der Waals surface area contributed by atoms with E-state index in [0.29, 0.717) is 43.3 Å². The number of carbonyl (C=O) groups is 1. The Labute approximate surface area is 145 Å². The Morgan fingerprint density at radius 1 is 1.20 bits per heavy atom. The molecule has 1 amide bonds. The van der Waals surface area contributed by atoms with Crippen molar-refractivity contribution in [3.8, 4) is 6.07 Å². The first-order chi connectivity index (χ1) is 12.2. The van der Waals surface area contributed by atoms with Gasteiger partial charge in [-0.15, -0.1) is 0 Å². The van der Waals surface area contributed by atoms with Gasteiger partial charge in [-0.2, -0.15) is 5.26 Å². The van der Waals surface area contributed by atoms with Crippen LogP contribution < -0.4 is 4.90 Å². The Hall–Kier alpha value is -3.01. The van der Waals surface area contributed by atoms with E-state index in [1.165, 1.54) is 18.3 Å². The van der Waals surface area contributed by atoms with Crippen LogP contribution in [0.15, 0.2) is 36.7 Å². The SMILES string of the molecule is N#Cc1nccnc1N1CCCN(C(=O)Cc2cccc(F)c2)CC1. The molecular formula is C18H18FN5O. The van der Waals surface area contributed by atoms with Crippen molar-refractivity contribution >= 4 is 11.7 Å². The number of nitriles is 1. The van der Waals surface area contributed by atoms with E-state index in [-0.39, 0.29) is 18.1 Å². The summed E-state index contributed by atoms with van der Waals surface area (Å²) in [5, 5.41) is 9.17. The number of amides is 1. The van der Waals surface area contributed by atoms with Gasteiger partial charge in [0.05, 0.1) is 6.42 Å². The van der Waals surface area contributed by atoms with Crippen LogP contribution in [0.25, 0.3) is 0 Å². The Kier molecular flexibility index (Phi) is 5.19. The summed E-state index contributed by atoms with van der Waals surface area (Å²) in [6.07, 6.45) is 4.02. The molecule has 1 aliphatic rings. The van der Waals surface area contributed by atoms with Crippen molar-refractivity contribution in [2.75, 3.05) is 31.1 Å². The number of rotatable bonds is 3. The zero-order chi connectivity index (χ0) is 17.6. The third-order valence-electron chi connectivity index (χ3n) is 4.18. The number of aromatic nitrogens is 2. The number of anilines is 1. The van der Waals surface area contributed by atoms with Crippen LogP contribution in [0.2, 0.25) is 0 Å². The number of hydrogen-bond acceptors (Lipinski definition) is 5. The molecule has 0 atom stereocenters. The quantitative estimate of drug-likeness (QED) is 0.852. The lowest BCUT2D eigenvalue weighted by Gasteiger charge is -2.23. The Morgan fingerprint density at radius 2 is 2.04 bits per heavy atom. The first-order valence-electron chi connectivity index (χ1n) is 8.15. The summed E-state index contributed by atoms with van der Waals surface area (Å²) in [6.45, 7) is 2.46. The van der Waals surface area contributed by atoms with Gasteiger partial charge in [0, 0.05) is 38.6 Å². The molecule has 6 nitrogen and oxygen atoms in total.